The standard InChI is InChI=1S/C32H49F3O3/c1-5-16-31(38,32(33,34)35)19-23-11-12-25-24(20(23)2)15-17-30(4)26(13-14-27(25)30)21(3)28(36)18-29(37)22-9-7-6-8-10-22/h6-10,20-21,23-29,36-38H,5,11-19H2,1-4H3/t20-,21+,23+,24-,25-,26-,27+,28-,29-,30-,31?/m1/s1. The maximum atomic E-state index is 13.8. The van der Waals surface area contributed by atoms with Gasteiger partial charge in [-0.1, -0.05) is 64.4 Å². The molecule has 3 N–H and O–H groups in total. The van der Waals surface area contributed by atoms with E-state index in [1.807, 2.05) is 30.3 Å². The predicted molar refractivity (Wildman–Crippen MR) is 144 cm³/mol. The highest BCUT2D eigenvalue weighted by atomic mass is 19.4. The van der Waals surface area contributed by atoms with E-state index in [0.29, 0.717) is 36.5 Å². The van der Waals surface area contributed by atoms with Crippen LogP contribution in [0.25, 0.3) is 0 Å². The van der Waals surface area contributed by atoms with Gasteiger partial charge in [0.1, 0.15) is 0 Å². The van der Waals surface area contributed by atoms with Crippen LogP contribution in [0.3, 0.4) is 0 Å². The van der Waals surface area contributed by atoms with Gasteiger partial charge in [0.15, 0.2) is 5.60 Å². The number of rotatable bonds is 9. The fourth-order valence-electron chi connectivity index (χ4n) is 9.33. The quantitative estimate of drug-likeness (QED) is 0.302. The molecule has 0 aliphatic heterocycles. The maximum Gasteiger partial charge on any atom is 0.417 e. The molecule has 0 spiro atoms. The second kappa shape index (κ2) is 11.4. The highest BCUT2D eigenvalue weighted by Gasteiger charge is 2.59. The van der Waals surface area contributed by atoms with Crippen LogP contribution in [0.15, 0.2) is 30.3 Å². The van der Waals surface area contributed by atoms with Crippen molar-refractivity contribution >= 4 is 0 Å². The first-order valence-corrected chi connectivity index (χ1v) is 15.0. The molecule has 6 heteroatoms. The third-order valence-electron chi connectivity index (χ3n) is 11.5. The summed E-state index contributed by atoms with van der Waals surface area (Å²) >= 11 is 0. The van der Waals surface area contributed by atoms with Gasteiger partial charge < -0.3 is 15.3 Å². The zero-order valence-corrected chi connectivity index (χ0v) is 23.6. The van der Waals surface area contributed by atoms with E-state index in [0.717, 1.165) is 44.1 Å². The third kappa shape index (κ3) is 5.56. The zero-order chi connectivity index (χ0) is 27.9. The fourth-order valence-corrected chi connectivity index (χ4v) is 9.33. The lowest BCUT2D eigenvalue weighted by Crippen LogP contribution is -2.51. The summed E-state index contributed by atoms with van der Waals surface area (Å²) in [6.45, 7) is 8.37. The molecule has 3 fully saturated rings. The monoisotopic (exact) mass is 538 g/mol. The second-order valence-corrected chi connectivity index (χ2v) is 13.4. The van der Waals surface area contributed by atoms with Crippen LogP contribution in [-0.2, 0) is 0 Å². The highest BCUT2D eigenvalue weighted by Crippen LogP contribution is 2.65. The lowest BCUT2D eigenvalue weighted by molar-refractivity contribution is -0.271. The number of alkyl halides is 3. The van der Waals surface area contributed by atoms with Gasteiger partial charge in [-0.05, 0) is 104 Å². The maximum absolute atomic E-state index is 13.8. The van der Waals surface area contributed by atoms with E-state index in [2.05, 4.69) is 20.8 Å². The molecular weight excluding hydrogens is 489 g/mol. The van der Waals surface area contributed by atoms with Crippen LogP contribution in [0.4, 0.5) is 13.2 Å². The van der Waals surface area contributed by atoms with Gasteiger partial charge >= 0.3 is 6.18 Å². The number of aliphatic hydroxyl groups excluding tert-OH is 2. The molecule has 0 heterocycles. The van der Waals surface area contributed by atoms with E-state index in [1.54, 1.807) is 6.92 Å². The first-order valence-electron chi connectivity index (χ1n) is 15.0. The highest BCUT2D eigenvalue weighted by molar-refractivity contribution is 5.17. The minimum Gasteiger partial charge on any atom is -0.393 e. The van der Waals surface area contributed by atoms with Crippen molar-refractivity contribution in [3.05, 3.63) is 35.9 Å². The Kier molecular flexibility index (Phi) is 8.96. The first kappa shape index (κ1) is 29.9. The number of benzene rings is 1. The summed E-state index contributed by atoms with van der Waals surface area (Å²) in [7, 11) is 0. The molecule has 0 radical (unpaired) electrons. The number of halogens is 3. The summed E-state index contributed by atoms with van der Waals surface area (Å²) in [5, 5.41) is 32.5. The Balaban J connectivity index is 1.42. The Morgan fingerprint density at radius 1 is 1.00 bits per heavy atom. The minimum absolute atomic E-state index is 0.0736. The van der Waals surface area contributed by atoms with Crippen molar-refractivity contribution in [1.82, 2.24) is 0 Å². The van der Waals surface area contributed by atoms with Crippen LogP contribution in [0.1, 0.15) is 104 Å². The first-order chi connectivity index (χ1) is 17.8. The van der Waals surface area contributed by atoms with E-state index in [1.165, 1.54) is 0 Å². The second-order valence-electron chi connectivity index (χ2n) is 13.4. The summed E-state index contributed by atoms with van der Waals surface area (Å²) in [6.07, 6.45) is 0.300. The van der Waals surface area contributed by atoms with Crippen LogP contribution in [0, 0.1) is 46.8 Å². The van der Waals surface area contributed by atoms with E-state index in [-0.39, 0.29) is 36.0 Å². The Morgan fingerprint density at radius 2 is 1.68 bits per heavy atom. The predicted octanol–water partition coefficient (Wildman–Crippen LogP) is 7.70. The molecule has 3 aliphatic rings. The lowest BCUT2D eigenvalue weighted by Gasteiger charge is -2.55. The summed E-state index contributed by atoms with van der Waals surface area (Å²) in [4.78, 5) is 0. The van der Waals surface area contributed by atoms with Crippen molar-refractivity contribution < 1.29 is 28.5 Å². The van der Waals surface area contributed by atoms with Crippen molar-refractivity contribution in [1.29, 1.82) is 0 Å². The van der Waals surface area contributed by atoms with Gasteiger partial charge in [0, 0.05) is 6.42 Å². The van der Waals surface area contributed by atoms with E-state index in [9.17, 15) is 28.5 Å². The Labute approximate surface area is 227 Å². The SMILES string of the molecule is CCCC(O)(C[C@@H]1CC[C@@H]2[C@H](CC[C@]3(C)[C@@H]([C@H](C)[C@H](O)C[C@@H](O)c4ccccc4)CC[C@@H]23)[C@@H]1C)C(F)(F)F. The van der Waals surface area contributed by atoms with Crippen LogP contribution >= 0.6 is 0 Å². The third-order valence-corrected chi connectivity index (χ3v) is 11.5. The molecular formula is C32H49F3O3. The van der Waals surface area contributed by atoms with Crippen molar-refractivity contribution in [3.63, 3.8) is 0 Å². The fraction of sp³-hybridized carbons (Fsp3) is 0.812. The topological polar surface area (TPSA) is 60.7 Å². The molecule has 1 aromatic rings. The largest absolute Gasteiger partial charge is 0.417 e. The smallest absolute Gasteiger partial charge is 0.393 e. The molecule has 3 saturated carbocycles. The Morgan fingerprint density at radius 3 is 2.32 bits per heavy atom. The van der Waals surface area contributed by atoms with Gasteiger partial charge in [0.2, 0.25) is 0 Å². The summed E-state index contributed by atoms with van der Waals surface area (Å²) < 4.78 is 41.4. The molecule has 3 aliphatic carbocycles. The number of fused-ring (bicyclic) bond motifs is 3. The van der Waals surface area contributed by atoms with Gasteiger partial charge in [0.05, 0.1) is 12.2 Å². The summed E-state index contributed by atoms with van der Waals surface area (Å²) in [5.74, 6) is 1.96. The van der Waals surface area contributed by atoms with Crippen LogP contribution in [0.2, 0.25) is 0 Å². The molecule has 0 bridgehead atoms. The van der Waals surface area contributed by atoms with Gasteiger partial charge in [0.25, 0.3) is 0 Å². The lowest BCUT2D eigenvalue weighted by atomic mass is 9.50. The molecule has 4 rings (SSSR count). The van der Waals surface area contributed by atoms with E-state index >= 15 is 0 Å². The Hall–Kier alpha value is -1.11. The number of hydrogen-bond donors (Lipinski definition) is 3. The van der Waals surface area contributed by atoms with Gasteiger partial charge in [-0.15, -0.1) is 0 Å². The van der Waals surface area contributed by atoms with Crippen molar-refractivity contribution in [2.24, 2.45) is 46.8 Å². The van der Waals surface area contributed by atoms with Crippen LogP contribution < -0.4 is 0 Å². The van der Waals surface area contributed by atoms with Gasteiger partial charge in [-0.2, -0.15) is 13.2 Å². The molecule has 38 heavy (non-hydrogen) atoms. The van der Waals surface area contributed by atoms with Crippen LogP contribution in [-0.4, -0.2) is 33.2 Å². The molecule has 11 atom stereocenters. The van der Waals surface area contributed by atoms with Crippen molar-refractivity contribution in [3.8, 4) is 0 Å². The normalized spacial score (nSPS) is 37.5. The molecule has 1 aromatic carbocycles. The zero-order valence-electron chi connectivity index (χ0n) is 23.6. The molecule has 0 saturated heterocycles. The van der Waals surface area contributed by atoms with E-state index in [4.69, 9.17) is 0 Å². The van der Waals surface area contributed by atoms with Gasteiger partial charge in [-0.25, -0.2) is 0 Å². The molecule has 1 unspecified atom stereocenters. The molecule has 0 aromatic heterocycles. The number of aliphatic hydroxyl groups is 3. The molecule has 0 amide bonds. The Bertz CT molecular complexity index is 907. The van der Waals surface area contributed by atoms with E-state index < -0.39 is 24.0 Å². The average Bonchev–Trinajstić information content (AvgIpc) is 3.22. The molecule has 216 valence electrons. The number of hydrogen-bond acceptors (Lipinski definition) is 3. The minimum atomic E-state index is -4.59. The average molecular weight is 539 g/mol. The van der Waals surface area contributed by atoms with Gasteiger partial charge in [-0.3, -0.25) is 0 Å². The van der Waals surface area contributed by atoms with Crippen LogP contribution in [0.5, 0.6) is 0 Å². The van der Waals surface area contributed by atoms with Crippen molar-refractivity contribution in [2.45, 2.75) is 116 Å². The molecule has 3 nitrogen and oxygen atoms in total. The summed E-state index contributed by atoms with van der Waals surface area (Å²) in [5.41, 5.74) is -1.64. The summed E-state index contributed by atoms with van der Waals surface area (Å²) in [6, 6.07) is 9.51. The van der Waals surface area contributed by atoms with Crippen molar-refractivity contribution in [2.75, 3.05) is 0 Å².